The lowest BCUT2D eigenvalue weighted by Crippen LogP contribution is -2.32. The average molecular weight is 225 g/mol. The van der Waals surface area contributed by atoms with Crippen molar-refractivity contribution in [2.75, 3.05) is 31.2 Å². The van der Waals surface area contributed by atoms with Crippen LogP contribution in [0, 0.1) is 6.92 Å². The maximum Gasteiger partial charge on any atom is 0.241 e. The Morgan fingerprint density at radius 3 is 2.69 bits per heavy atom. The number of aromatic nitrogens is 2. The molecule has 0 unspecified atom stereocenters. The Bertz CT molecular complexity index is 385. The molecule has 0 spiro atoms. The van der Waals surface area contributed by atoms with Crippen molar-refractivity contribution in [3.63, 3.8) is 0 Å². The van der Waals surface area contributed by atoms with E-state index in [4.69, 9.17) is 5.73 Å². The fourth-order valence-electron chi connectivity index (χ4n) is 1.35. The zero-order valence-corrected chi connectivity index (χ0v) is 10.2. The van der Waals surface area contributed by atoms with Gasteiger partial charge in [-0.1, -0.05) is 0 Å². The van der Waals surface area contributed by atoms with Crippen molar-refractivity contribution in [1.82, 2.24) is 14.7 Å². The van der Waals surface area contributed by atoms with Crippen LogP contribution < -0.4 is 11.1 Å². The number of nitrogens with one attached hydrogen (secondary N) is 1. The minimum Gasteiger partial charge on any atom is -0.394 e. The van der Waals surface area contributed by atoms with Gasteiger partial charge < -0.3 is 16.0 Å². The number of rotatable bonds is 4. The molecule has 90 valence electrons. The second-order valence-electron chi connectivity index (χ2n) is 3.73. The van der Waals surface area contributed by atoms with Gasteiger partial charge >= 0.3 is 0 Å². The molecule has 0 saturated heterocycles. The van der Waals surface area contributed by atoms with E-state index in [0.29, 0.717) is 18.1 Å². The van der Waals surface area contributed by atoms with Gasteiger partial charge in [-0.3, -0.25) is 9.48 Å². The minimum absolute atomic E-state index is 0.0285. The van der Waals surface area contributed by atoms with Crippen molar-refractivity contribution < 1.29 is 4.79 Å². The van der Waals surface area contributed by atoms with E-state index in [9.17, 15) is 4.79 Å². The van der Waals surface area contributed by atoms with Gasteiger partial charge in [-0.25, -0.2) is 0 Å². The maximum atomic E-state index is 11.6. The van der Waals surface area contributed by atoms with Gasteiger partial charge in [0.2, 0.25) is 5.91 Å². The van der Waals surface area contributed by atoms with E-state index in [1.807, 2.05) is 13.8 Å². The van der Waals surface area contributed by atoms with Gasteiger partial charge in [-0.15, -0.1) is 0 Å². The van der Waals surface area contributed by atoms with Crippen LogP contribution in [0.25, 0.3) is 0 Å². The monoisotopic (exact) mass is 225 g/mol. The number of carbonyl (C=O) groups is 1. The summed E-state index contributed by atoms with van der Waals surface area (Å²) in [5, 5.41) is 7.16. The summed E-state index contributed by atoms with van der Waals surface area (Å²) in [6, 6.07) is 0. The molecule has 1 aromatic heterocycles. The average Bonchev–Trinajstić information content (AvgIpc) is 2.49. The summed E-state index contributed by atoms with van der Waals surface area (Å²) in [6.07, 6.45) is 0. The Kier molecular flexibility index (Phi) is 3.76. The highest BCUT2D eigenvalue weighted by Crippen LogP contribution is 2.20. The number of nitrogens with two attached hydrogens (primary N) is 1. The number of nitrogens with zero attached hydrogens (tertiary/aromatic N) is 3. The summed E-state index contributed by atoms with van der Waals surface area (Å²) in [4.78, 5) is 13.2. The van der Waals surface area contributed by atoms with Crippen molar-refractivity contribution in [3.8, 4) is 0 Å². The standard InChI is InChI=1S/C10H19N5O/c1-5-14(3)8(16)6-12-10-9(11)7(2)13-15(10)4/h12H,5-6,11H2,1-4H3. The normalized spacial score (nSPS) is 10.2. The highest BCUT2D eigenvalue weighted by atomic mass is 16.2. The third-order valence-corrected chi connectivity index (χ3v) is 2.58. The molecule has 0 aliphatic carbocycles. The zero-order chi connectivity index (χ0) is 12.3. The van der Waals surface area contributed by atoms with Crippen LogP contribution in [0.5, 0.6) is 0 Å². The Labute approximate surface area is 95.4 Å². The summed E-state index contributed by atoms with van der Waals surface area (Å²) in [5.41, 5.74) is 7.18. The second-order valence-corrected chi connectivity index (χ2v) is 3.73. The zero-order valence-electron chi connectivity index (χ0n) is 10.2. The Balaban J connectivity index is 2.65. The van der Waals surface area contributed by atoms with Crippen molar-refractivity contribution in [3.05, 3.63) is 5.69 Å². The predicted molar refractivity (Wildman–Crippen MR) is 64.2 cm³/mol. The molecule has 0 atom stereocenters. The number of hydrogen-bond acceptors (Lipinski definition) is 4. The Hall–Kier alpha value is -1.72. The van der Waals surface area contributed by atoms with Crippen LogP contribution in [0.4, 0.5) is 11.5 Å². The molecule has 0 aliphatic rings. The summed E-state index contributed by atoms with van der Waals surface area (Å²) >= 11 is 0. The molecule has 6 heteroatoms. The van der Waals surface area contributed by atoms with Gasteiger partial charge in [0.1, 0.15) is 5.82 Å². The largest absolute Gasteiger partial charge is 0.394 e. The number of aryl methyl sites for hydroxylation is 2. The first-order valence-corrected chi connectivity index (χ1v) is 5.24. The summed E-state index contributed by atoms with van der Waals surface area (Å²) in [7, 11) is 3.56. The van der Waals surface area contributed by atoms with Gasteiger partial charge in [0.15, 0.2) is 0 Å². The first-order chi connectivity index (χ1) is 7.47. The second kappa shape index (κ2) is 4.87. The number of likely N-dealkylation sites (N-methyl/N-ethyl adjacent to an activating group) is 1. The number of nitrogen functional groups attached to an aromatic ring is 1. The summed E-state index contributed by atoms with van der Waals surface area (Å²) < 4.78 is 1.64. The third-order valence-electron chi connectivity index (χ3n) is 2.58. The molecule has 6 nitrogen and oxygen atoms in total. The van der Waals surface area contributed by atoms with Crippen LogP contribution in [0.3, 0.4) is 0 Å². The highest BCUT2D eigenvalue weighted by molar-refractivity contribution is 5.81. The topological polar surface area (TPSA) is 76.2 Å². The van der Waals surface area contributed by atoms with Crippen molar-refractivity contribution in [2.24, 2.45) is 7.05 Å². The fraction of sp³-hybridized carbons (Fsp3) is 0.600. The van der Waals surface area contributed by atoms with Crippen LogP contribution >= 0.6 is 0 Å². The molecule has 0 fully saturated rings. The van der Waals surface area contributed by atoms with E-state index < -0.39 is 0 Å². The number of carbonyl (C=O) groups excluding carboxylic acids is 1. The van der Waals surface area contributed by atoms with Crippen LogP contribution in [0.1, 0.15) is 12.6 Å². The molecule has 1 amide bonds. The van der Waals surface area contributed by atoms with Crippen molar-refractivity contribution in [2.45, 2.75) is 13.8 Å². The molecule has 1 aromatic rings. The molecular weight excluding hydrogens is 206 g/mol. The fourth-order valence-corrected chi connectivity index (χ4v) is 1.35. The molecule has 3 N–H and O–H groups in total. The van der Waals surface area contributed by atoms with Crippen LogP contribution in [0.2, 0.25) is 0 Å². The van der Waals surface area contributed by atoms with Crippen molar-refractivity contribution >= 4 is 17.4 Å². The van der Waals surface area contributed by atoms with E-state index in [1.54, 1.807) is 23.7 Å². The quantitative estimate of drug-likeness (QED) is 0.767. The van der Waals surface area contributed by atoms with Gasteiger partial charge in [-0.2, -0.15) is 5.10 Å². The van der Waals surface area contributed by atoms with E-state index in [0.717, 1.165) is 5.69 Å². The molecule has 0 aliphatic heterocycles. The first kappa shape index (κ1) is 12.4. The molecule has 0 radical (unpaired) electrons. The van der Waals surface area contributed by atoms with Gasteiger partial charge in [0, 0.05) is 20.6 Å². The minimum atomic E-state index is 0.0285. The Morgan fingerprint density at radius 2 is 2.25 bits per heavy atom. The molecule has 0 saturated carbocycles. The van der Waals surface area contributed by atoms with E-state index in [1.165, 1.54) is 0 Å². The first-order valence-electron chi connectivity index (χ1n) is 5.24. The smallest absolute Gasteiger partial charge is 0.241 e. The Morgan fingerprint density at radius 1 is 1.62 bits per heavy atom. The predicted octanol–water partition coefficient (Wildman–Crippen LogP) is 0.201. The van der Waals surface area contributed by atoms with Crippen LogP contribution in [-0.4, -0.2) is 40.7 Å². The van der Waals surface area contributed by atoms with Crippen LogP contribution in [0.15, 0.2) is 0 Å². The molecule has 1 rings (SSSR count). The summed E-state index contributed by atoms with van der Waals surface area (Å²) in [5.74, 6) is 0.719. The van der Waals surface area contributed by atoms with E-state index in [2.05, 4.69) is 10.4 Å². The number of amides is 1. The third kappa shape index (κ3) is 2.44. The molecular formula is C10H19N5O. The molecule has 16 heavy (non-hydrogen) atoms. The lowest BCUT2D eigenvalue weighted by atomic mass is 10.4. The molecule has 0 bridgehead atoms. The lowest BCUT2D eigenvalue weighted by Gasteiger charge is -2.15. The number of hydrogen-bond donors (Lipinski definition) is 2. The molecule has 1 heterocycles. The van der Waals surface area contributed by atoms with E-state index in [-0.39, 0.29) is 12.5 Å². The van der Waals surface area contributed by atoms with Crippen LogP contribution in [-0.2, 0) is 11.8 Å². The maximum absolute atomic E-state index is 11.6. The number of anilines is 2. The SMILES string of the molecule is CCN(C)C(=O)CNc1c(N)c(C)nn1C. The van der Waals surface area contributed by atoms with Gasteiger partial charge in [0.05, 0.1) is 17.9 Å². The summed E-state index contributed by atoms with van der Waals surface area (Å²) in [6.45, 7) is 4.69. The molecule has 0 aromatic carbocycles. The highest BCUT2D eigenvalue weighted by Gasteiger charge is 2.12. The van der Waals surface area contributed by atoms with Gasteiger partial charge in [0.25, 0.3) is 0 Å². The van der Waals surface area contributed by atoms with Crippen molar-refractivity contribution in [1.29, 1.82) is 0 Å². The lowest BCUT2D eigenvalue weighted by molar-refractivity contribution is -0.127. The van der Waals surface area contributed by atoms with E-state index >= 15 is 0 Å². The van der Waals surface area contributed by atoms with Gasteiger partial charge in [-0.05, 0) is 13.8 Å².